The molecule has 3 rings (SSSR count). The van der Waals surface area contributed by atoms with Crippen LogP contribution in [0.2, 0.25) is 0 Å². The number of aliphatic carboxylic acids is 1. The number of hydrogen-bond donors (Lipinski definition) is 2. The summed E-state index contributed by atoms with van der Waals surface area (Å²) in [6.45, 7) is 4.55. The van der Waals surface area contributed by atoms with Crippen LogP contribution in [0, 0.1) is 5.92 Å². The Labute approximate surface area is 120 Å². The second kappa shape index (κ2) is 4.88. The van der Waals surface area contributed by atoms with Gasteiger partial charge in [-0.1, -0.05) is 38.1 Å². The number of nitrogens with one attached hydrogen (secondary N) is 1. The van der Waals surface area contributed by atoms with Gasteiger partial charge < -0.3 is 5.11 Å². The zero-order valence-electron chi connectivity index (χ0n) is 12.2. The van der Waals surface area contributed by atoms with E-state index in [0.717, 1.165) is 25.7 Å². The summed E-state index contributed by atoms with van der Waals surface area (Å²) in [5, 5.41) is 12.8. The smallest absolute Gasteiger partial charge is 0.320 e. The molecule has 2 N–H and O–H groups in total. The first-order valence-electron chi connectivity index (χ1n) is 7.57. The van der Waals surface area contributed by atoms with Crippen LogP contribution in [0.25, 0.3) is 0 Å². The summed E-state index contributed by atoms with van der Waals surface area (Å²) in [5.74, 6) is -0.371. The predicted molar refractivity (Wildman–Crippen MR) is 78.7 cm³/mol. The van der Waals surface area contributed by atoms with Crippen LogP contribution >= 0.6 is 0 Å². The first-order valence-corrected chi connectivity index (χ1v) is 7.57. The maximum Gasteiger partial charge on any atom is 0.320 e. The zero-order valence-corrected chi connectivity index (χ0v) is 12.2. The van der Waals surface area contributed by atoms with Gasteiger partial charge in [0.25, 0.3) is 0 Å². The predicted octanol–water partition coefficient (Wildman–Crippen LogP) is 3.25. The Hall–Kier alpha value is -1.35. The third-order valence-corrected chi connectivity index (χ3v) is 4.86. The highest BCUT2D eigenvalue weighted by Gasteiger charge is 2.40. The van der Waals surface area contributed by atoms with Crippen molar-refractivity contribution in [3.63, 3.8) is 0 Å². The molecule has 0 heterocycles. The molecule has 0 radical (unpaired) electrons. The highest BCUT2D eigenvalue weighted by atomic mass is 16.4. The molecule has 2 aliphatic carbocycles. The van der Waals surface area contributed by atoms with Gasteiger partial charge >= 0.3 is 5.97 Å². The van der Waals surface area contributed by atoms with Gasteiger partial charge in [0.15, 0.2) is 0 Å². The lowest BCUT2D eigenvalue weighted by Crippen LogP contribution is -2.43. The van der Waals surface area contributed by atoms with E-state index in [9.17, 15) is 9.90 Å². The van der Waals surface area contributed by atoms with Crippen molar-refractivity contribution in [2.24, 2.45) is 5.92 Å². The van der Waals surface area contributed by atoms with Crippen LogP contribution in [0.15, 0.2) is 24.3 Å². The van der Waals surface area contributed by atoms with E-state index in [-0.39, 0.29) is 17.5 Å². The summed E-state index contributed by atoms with van der Waals surface area (Å²) >= 11 is 0. The third-order valence-electron chi connectivity index (χ3n) is 4.86. The third kappa shape index (κ3) is 2.47. The Morgan fingerprint density at radius 1 is 1.30 bits per heavy atom. The number of carboxylic acid groups (broad SMARTS) is 1. The Kier molecular flexibility index (Phi) is 3.33. The van der Waals surface area contributed by atoms with E-state index < -0.39 is 5.97 Å². The van der Waals surface area contributed by atoms with Crippen molar-refractivity contribution in [2.75, 3.05) is 0 Å². The van der Waals surface area contributed by atoms with Gasteiger partial charge in [-0.25, -0.2) is 0 Å². The normalized spacial score (nSPS) is 25.8. The average Bonchev–Trinajstić information content (AvgIpc) is 3.22. The summed E-state index contributed by atoms with van der Waals surface area (Å²) < 4.78 is 0. The van der Waals surface area contributed by atoms with Crippen LogP contribution in [0.5, 0.6) is 0 Å². The number of carbonyl (C=O) groups is 1. The molecule has 108 valence electrons. The molecule has 0 spiro atoms. The number of rotatable bonds is 4. The van der Waals surface area contributed by atoms with E-state index in [1.807, 2.05) is 0 Å². The molecule has 2 unspecified atom stereocenters. The van der Waals surface area contributed by atoms with Crippen LogP contribution < -0.4 is 5.32 Å². The van der Waals surface area contributed by atoms with Crippen LogP contribution in [0.4, 0.5) is 0 Å². The topological polar surface area (TPSA) is 49.3 Å². The summed E-state index contributed by atoms with van der Waals surface area (Å²) in [6, 6.07) is 8.28. The fourth-order valence-corrected chi connectivity index (χ4v) is 3.44. The molecule has 1 aromatic rings. The highest BCUT2D eigenvalue weighted by Crippen LogP contribution is 2.42. The molecule has 0 saturated heterocycles. The van der Waals surface area contributed by atoms with Crippen molar-refractivity contribution < 1.29 is 9.90 Å². The molecule has 3 nitrogen and oxygen atoms in total. The van der Waals surface area contributed by atoms with Gasteiger partial charge in [-0.15, -0.1) is 0 Å². The minimum absolute atomic E-state index is 0.181. The molecule has 2 atom stereocenters. The molecule has 0 amide bonds. The number of carboxylic acids is 1. The van der Waals surface area contributed by atoms with E-state index in [2.05, 4.69) is 43.4 Å². The molecule has 0 aromatic heterocycles. The first-order chi connectivity index (χ1) is 9.49. The molecule has 1 aromatic carbocycles. The van der Waals surface area contributed by atoms with E-state index in [1.54, 1.807) is 0 Å². The van der Waals surface area contributed by atoms with E-state index >= 15 is 0 Å². The molecule has 1 fully saturated rings. The van der Waals surface area contributed by atoms with Gasteiger partial charge in [0.05, 0.1) is 0 Å². The maximum atomic E-state index is 11.4. The lowest BCUT2D eigenvalue weighted by Gasteiger charge is -2.38. The van der Waals surface area contributed by atoms with Gasteiger partial charge in [0, 0.05) is 6.04 Å². The molecule has 0 aliphatic heterocycles. The van der Waals surface area contributed by atoms with Gasteiger partial charge in [-0.3, -0.25) is 10.1 Å². The first kappa shape index (κ1) is 13.6. The molecule has 20 heavy (non-hydrogen) atoms. The van der Waals surface area contributed by atoms with E-state index in [0.29, 0.717) is 5.92 Å². The fraction of sp³-hybridized carbons (Fsp3) is 0.588. The van der Waals surface area contributed by atoms with Crippen molar-refractivity contribution in [3.8, 4) is 0 Å². The Morgan fingerprint density at radius 3 is 2.65 bits per heavy atom. The molecular formula is C17H23NO2. The minimum Gasteiger partial charge on any atom is -0.480 e. The minimum atomic E-state index is -0.699. The van der Waals surface area contributed by atoms with Crippen LogP contribution in [0.3, 0.4) is 0 Å². The Balaban J connectivity index is 1.86. The molecule has 3 heteroatoms. The van der Waals surface area contributed by atoms with E-state index in [4.69, 9.17) is 0 Å². The monoisotopic (exact) mass is 273 g/mol. The SMILES string of the molecule is CC1(C)CCC(NC(C(=O)O)C2CC2)c2ccccc21. The fourth-order valence-electron chi connectivity index (χ4n) is 3.44. The van der Waals surface area contributed by atoms with Gasteiger partial charge in [-0.2, -0.15) is 0 Å². The van der Waals surface area contributed by atoms with Crippen molar-refractivity contribution in [3.05, 3.63) is 35.4 Å². The number of fused-ring (bicyclic) bond motifs is 1. The Bertz CT molecular complexity index is 519. The van der Waals surface area contributed by atoms with Gasteiger partial charge in [-0.05, 0) is 48.1 Å². The molecule has 2 aliphatic rings. The largest absolute Gasteiger partial charge is 0.480 e. The quantitative estimate of drug-likeness (QED) is 0.885. The van der Waals surface area contributed by atoms with Crippen LogP contribution in [-0.2, 0) is 10.2 Å². The Morgan fingerprint density at radius 2 is 2.00 bits per heavy atom. The summed E-state index contributed by atoms with van der Waals surface area (Å²) in [4.78, 5) is 11.4. The second-order valence-corrected chi connectivity index (χ2v) is 6.88. The summed E-state index contributed by atoms with van der Waals surface area (Å²) in [5.41, 5.74) is 2.84. The van der Waals surface area contributed by atoms with Crippen LogP contribution in [-0.4, -0.2) is 17.1 Å². The summed E-state index contributed by atoms with van der Waals surface area (Å²) in [6.07, 6.45) is 4.20. The van der Waals surface area contributed by atoms with Crippen LogP contribution in [0.1, 0.15) is 56.7 Å². The molecule has 1 saturated carbocycles. The highest BCUT2D eigenvalue weighted by molar-refractivity contribution is 5.74. The number of hydrogen-bond acceptors (Lipinski definition) is 2. The van der Waals surface area contributed by atoms with Crippen molar-refractivity contribution >= 4 is 5.97 Å². The standard InChI is InChI=1S/C17H23NO2/c1-17(2)10-9-14(12-5-3-4-6-13(12)17)18-15(16(19)20)11-7-8-11/h3-6,11,14-15,18H,7-10H2,1-2H3,(H,19,20). The maximum absolute atomic E-state index is 11.4. The van der Waals surface area contributed by atoms with Gasteiger partial charge in [0.2, 0.25) is 0 Å². The molecular weight excluding hydrogens is 250 g/mol. The number of benzene rings is 1. The van der Waals surface area contributed by atoms with Crippen molar-refractivity contribution in [1.29, 1.82) is 0 Å². The van der Waals surface area contributed by atoms with Crippen molar-refractivity contribution in [1.82, 2.24) is 5.32 Å². The molecule has 0 bridgehead atoms. The lowest BCUT2D eigenvalue weighted by atomic mass is 9.71. The second-order valence-electron chi connectivity index (χ2n) is 6.88. The summed E-state index contributed by atoms with van der Waals surface area (Å²) in [7, 11) is 0. The average molecular weight is 273 g/mol. The van der Waals surface area contributed by atoms with Gasteiger partial charge in [0.1, 0.15) is 6.04 Å². The van der Waals surface area contributed by atoms with Crippen molar-refractivity contribution in [2.45, 2.75) is 57.0 Å². The lowest BCUT2D eigenvalue weighted by molar-refractivity contribution is -0.140. The van der Waals surface area contributed by atoms with E-state index in [1.165, 1.54) is 11.1 Å². The zero-order chi connectivity index (χ0) is 14.3.